The van der Waals surface area contributed by atoms with Gasteiger partial charge in [-0.2, -0.15) is 0 Å². The van der Waals surface area contributed by atoms with Crippen LogP contribution in [0.25, 0.3) is 0 Å². The molecule has 0 saturated heterocycles. The molecule has 0 aliphatic carbocycles. The molecule has 2 rings (SSSR count). The van der Waals surface area contributed by atoms with Crippen LogP contribution in [-0.2, 0) is 10.0 Å². The third-order valence-electron chi connectivity index (χ3n) is 2.26. The number of rotatable bonds is 4. The first-order valence-corrected chi connectivity index (χ1v) is 7.58. The fourth-order valence-electron chi connectivity index (χ4n) is 1.39. The lowest BCUT2D eigenvalue weighted by Gasteiger charge is -2.07. The molecule has 9 heteroatoms. The van der Waals surface area contributed by atoms with Crippen molar-refractivity contribution in [3.8, 4) is 0 Å². The second-order valence-electron chi connectivity index (χ2n) is 3.65. The van der Waals surface area contributed by atoms with E-state index in [0.717, 1.165) is 17.8 Å². The normalized spacial score (nSPS) is 11.2. The highest BCUT2D eigenvalue weighted by Gasteiger charge is 2.17. The molecule has 0 aliphatic heterocycles. The number of aromatic nitrogens is 2. The minimum atomic E-state index is -3.95. The van der Waals surface area contributed by atoms with Crippen molar-refractivity contribution in [2.45, 2.75) is 14.8 Å². The van der Waals surface area contributed by atoms with Gasteiger partial charge >= 0.3 is 5.97 Å². The summed E-state index contributed by atoms with van der Waals surface area (Å²) >= 11 is 1.07. The van der Waals surface area contributed by atoms with Gasteiger partial charge < -0.3 is 5.11 Å². The van der Waals surface area contributed by atoms with Crippen LogP contribution in [0.4, 0.5) is 0 Å². The first-order valence-electron chi connectivity index (χ1n) is 5.22. The molecule has 3 N–H and O–H groups in total. The Hall–Kier alpha value is -1.97. The molecule has 0 radical (unpaired) electrons. The lowest BCUT2D eigenvalue weighted by Crippen LogP contribution is -2.13. The first-order chi connectivity index (χ1) is 9.38. The Morgan fingerprint density at radius 3 is 2.60 bits per heavy atom. The van der Waals surface area contributed by atoms with Crippen molar-refractivity contribution in [1.82, 2.24) is 9.97 Å². The zero-order chi connectivity index (χ0) is 14.8. The predicted octanol–water partition coefficient (Wildman–Crippen LogP) is 0.973. The Kier molecular flexibility index (Phi) is 4.02. The summed E-state index contributed by atoms with van der Waals surface area (Å²) < 4.78 is 22.5. The maximum Gasteiger partial charge on any atom is 0.336 e. The number of nitrogens with two attached hydrogens (primary N) is 1. The molecule has 0 spiro atoms. The van der Waals surface area contributed by atoms with Crippen molar-refractivity contribution in [2.24, 2.45) is 5.14 Å². The molecule has 0 amide bonds. The van der Waals surface area contributed by atoms with Crippen LogP contribution in [0.5, 0.6) is 0 Å². The third kappa shape index (κ3) is 3.32. The maximum atomic E-state index is 11.2. The zero-order valence-corrected chi connectivity index (χ0v) is 11.6. The molecule has 2 aromatic rings. The van der Waals surface area contributed by atoms with Gasteiger partial charge in [0.15, 0.2) is 0 Å². The number of carbonyl (C=O) groups is 1. The number of sulfonamides is 1. The Bertz CT molecular complexity index is 748. The molecule has 1 aromatic carbocycles. The minimum absolute atomic E-state index is 0.160. The van der Waals surface area contributed by atoms with Crippen LogP contribution in [0.2, 0.25) is 0 Å². The van der Waals surface area contributed by atoms with Crippen molar-refractivity contribution in [3.05, 3.63) is 42.4 Å². The molecule has 0 atom stereocenters. The van der Waals surface area contributed by atoms with E-state index in [-0.39, 0.29) is 10.5 Å². The van der Waals surface area contributed by atoms with Crippen LogP contribution in [0.1, 0.15) is 10.4 Å². The second-order valence-corrected chi connectivity index (χ2v) is 6.28. The minimum Gasteiger partial charge on any atom is -0.478 e. The molecule has 0 bridgehead atoms. The molecule has 20 heavy (non-hydrogen) atoms. The van der Waals surface area contributed by atoms with E-state index < -0.39 is 16.0 Å². The summed E-state index contributed by atoms with van der Waals surface area (Å²) in [6.45, 7) is 0. The first kappa shape index (κ1) is 14.4. The Balaban J connectivity index is 2.46. The summed E-state index contributed by atoms with van der Waals surface area (Å²) in [7, 11) is -3.95. The lowest BCUT2D eigenvalue weighted by molar-refractivity contribution is 0.0693. The van der Waals surface area contributed by atoms with E-state index >= 15 is 0 Å². The van der Waals surface area contributed by atoms with Gasteiger partial charge in [-0.05, 0) is 18.2 Å². The number of carboxylic acids is 1. The van der Waals surface area contributed by atoms with Gasteiger partial charge in [-0.25, -0.2) is 23.3 Å². The summed E-state index contributed by atoms with van der Waals surface area (Å²) in [5.74, 6) is -1.25. The maximum absolute atomic E-state index is 11.2. The van der Waals surface area contributed by atoms with Crippen LogP contribution in [0.15, 0.2) is 51.6 Å². The Morgan fingerprint density at radius 2 is 2.05 bits per heavy atom. The van der Waals surface area contributed by atoms with Gasteiger partial charge in [0, 0.05) is 17.3 Å². The quantitative estimate of drug-likeness (QED) is 0.862. The van der Waals surface area contributed by atoms with Gasteiger partial charge in [-0.1, -0.05) is 11.8 Å². The molecule has 0 aliphatic rings. The summed E-state index contributed by atoms with van der Waals surface area (Å²) in [5, 5.41) is 14.6. The van der Waals surface area contributed by atoms with Gasteiger partial charge in [-0.3, -0.25) is 4.98 Å². The topological polar surface area (TPSA) is 123 Å². The van der Waals surface area contributed by atoms with Gasteiger partial charge in [0.1, 0.15) is 5.03 Å². The van der Waals surface area contributed by atoms with Gasteiger partial charge in [0.2, 0.25) is 10.0 Å². The Labute approximate surface area is 118 Å². The largest absolute Gasteiger partial charge is 0.478 e. The molecular weight excluding hydrogens is 302 g/mol. The Morgan fingerprint density at radius 1 is 1.30 bits per heavy atom. The van der Waals surface area contributed by atoms with E-state index in [1.807, 2.05) is 0 Å². The zero-order valence-electron chi connectivity index (χ0n) is 9.92. The van der Waals surface area contributed by atoms with Gasteiger partial charge in [-0.15, -0.1) is 0 Å². The van der Waals surface area contributed by atoms with E-state index in [9.17, 15) is 13.2 Å². The van der Waals surface area contributed by atoms with E-state index in [1.54, 1.807) is 0 Å². The van der Waals surface area contributed by atoms with Crippen LogP contribution in [0, 0.1) is 0 Å². The second kappa shape index (κ2) is 5.57. The molecule has 0 unspecified atom stereocenters. The number of aromatic carboxylic acids is 1. The number of nitrogens with zero attached hydrogens (tertiary/aromatic N) is 2. The fourth-order valence-corrected chi connectivity index (χ4v) is 2.78. The average molecular weight is 311 g/mol. The molecular formula is C11H9N3O4S2. The number of hydrogen-bond acceptors (Lipinski definition) is 6. The molecule has 104 valence electrons. The highest BCUT2D eigenvalue weighted by Crippen LogP contribution is 2.30. The van der Waals surface area contributed by atoms with Crippen LogP contribution < -0.4 is 5.14 Å². The SMILES string of the molecule is NS(=O)(=O)c1ccc(Sc2cnccn2)c(C(=O)O)c1. The van der Waals surface area contributed by atoms with E-state index in [0.29, 0.717) is 9.92 Å². The summed E-state index contributed by atoms with van der Waals surface area (Å²) in [5.41, 5.74) is -0.160. The number of carboxylic acid groups (broad SMARTS) is 1. The monoisotopic (exact) mass is 311 g/mol. The lowest BCUT2D eigenvalue weighted by atomic mass is 10.2. The molecule has 1 aromatic heterocycles. The van der Waals surface area contributed by atoms with Crippen molar-refractivity contribution < 1.29 is 18.3 Å². The molecule has 0 fully saturated rings. The van der Waals surface area contributed by atoms with Crippen molar-refractivity contribution in [1.29, 1.82) is 0 Å². The molecule has 1 heterocycles. The van der Waals surface area contributed by atoms with Crippen molar-refractivity contribution >= 4 is 27.8 Å². The fraction of sp³-hybridized carbons (Fsp3) is 0. The van der Waals surface area contributed by atoms with Gasteiger partial charge in [0.25, 0.3) is 0 Å². The van der Waals surface area contributed by atoms with E-state index in [2.05, 4.69) is 9.97 Å². The average Bonchev–Trinajstić information content (AvgIpc) is 2.38. The molecule has 0 saturated carbocycles. The summed E-state index contributed by atoms with van der Waals surface area (Å²) in [4.78, 5) is 19.2. The van der Waals surface area contributed by atoms with E-state index in [1.165, 1.54) is 30.7 Å². The number of hydrogen-bond donors (Lipinski definition) is 2. The molecule has 7 nitrogen and oxygen atoms in total. The van der Waals surface area contributed by atoms with Crippen LogP contribution >= 0.6 is 11.8 Å². The number of primary sulfonamides is 1. The standard InChI is InChI=1S/C11H9N3O4S2/c12-20(17,18)7-1-2-9(8(5-7)11(15)16)19-10-6-13-3-4-14-10/h1-6H,(H,15,16)(H2,12,17,18). The highest BCUT2D eigenvalue weighted by atomic mass is 32.2. The van der Waals surface area contributed by atoms with Crippen molar-refractivity contribution in [3.63, 3.8) is 0 Å². The van der Waals surface area contributed by atoms with Gasteiger partial charge in [0.05, 0.1) is 16.7 Å². The number of benzene rings is 1. The third-order valence-corrected chi connectivity index (χ3v) is 4.17. The summed E-state index contributed by atoms with van der Waals surface area (Å²) in [6, 6.07) is 3.65. The highest BCUT2D eigenvalue weighted by molar-refractivity contribution is 7.99. The van der Waals surface area contributed by atoms with E-state index in [4.69, 9.17) is 10.2 Å². The van der Waals surface area contributed by atoms with Crippen LogP contribution in [0.3, 0.4) is 0 Å². The summed E-state index contributed by atoms with van der Waals surface area (Å²) in [6.07, 6.45) is 4.44. The van der Waals surface area contributed by atoms with Crippen molar-refractivity contribution in [2.75, 3.05) is 0 Å². The predicted molar refractivity (Wildman–Crippen MR) is 70.9 cm³/mol. The smallest absolute Gasteiger partial charge is 0.336 e. The van der Waals surface area contributed by atoms with Crippen LogP contribution in [-0.4, -0.2) is 29.5 Å².